The molecule has 2 saturated carbocycles. The number of fused-ring (bicyclic) bond motifs is 5. The van der Waals surface area contributed by atoms with E-state index in [1.807, 2.05) is 19.9 Å². The van der Waals surface area contributed by atoms with Crippen LogP contribution in [0.1, 0.15) is 151 Å². The molecule has 0 heterocycles. The summed E-state index contributed by atoms with van der Waals surface area (Å²) in [6, 6.07) is 0. The molecule has 8 heteroatoms. The monoisotopic (exact) mass is 933 g/mol. The lowest BCUT2D eigenvalue weighted by molar-refractivity contribution is -0.219. The maximum atomic E-state index is 13.7. The number of ether oxygens (including phenoxy) is 2. The Balaban J connectivity index is 1.29. The highest BCUT2D eigenvalue weighted by molar-refractivity contribution is 6.04. The van der Waals surface area contributed by atoms with E-state index in [9.17, 15) is 29.7 Å². The summed E-state index contributed by atoms with van der Waals surface area (Å²) in [7, 11) is 0. The van der Waals surface area contributed by atoms with Crippen LogP contribution in [0.3, 0.4) is 0 Å². The number of Topliss-reactive ketones (excluding diaryl/α,β-unsaturated/α-hetero) is 1. The Morgan fingerprint density at radius 2 is 1.06 bits per heavy atom. The molecule has 0 amide bonds. The summed E-state index contributed by atoms with van der Waals surface area (Å²) >= 11 is 0. The summed E-state index contributed by atoms with van der Waals surface area (Å²) in [6.45, 7) is 11.3. The smallest absolute Gasteiger partial charge is 0.306 e. The lowest BCUT2D eigenvalue weighted by atomic mass is 9.59. The van der Waals surface area contributed by atoms with Crippen molar-refractivity contribution >= 4 is 17.7 Å². The zero-order chi connectivity index (χ0) is 49.5. The summed E-state index contributed by atoms with van der Waals surface area (Å²) in [5, 5.41) is 37.2. The van der Waals surface area contributed by atoms with Gasteiger partial charge in [0.2, 0.25) is 0 Å². The Morgan fingerprint density at radius 1 is 0.647 bits per heavy atom. The summed E-state index contributed by atoms with van der Waals surface area (Å²) in [5.74, 6) is -4.45. The van der Waals surface area contributed by atoms with Gasteiger partial charge in [-0.15, -0.1) is 0 Å². The van der Waals surface area contributed by atoms with Crippen molar-refractivity contribution in [1.82, 2.24) is 0 Å². The van der Waals surface area contributed by atoms with Gasteiger partial charge in [0.25, 0.3) is 0 Å². The number of hydrogen-bond acceptors (Lipinski definition) is 8. The van der Waals surface area contributed by atoms with Crippen LogP contribution in [-0.4, -0.2) is 62.6 Å². The minimum atomic E-state index is -1.99. The SMILES string of the molecule is CC/C=C/C/C=C/C/C=C/C/C=C/C/C=C/CCCC(=O)OCC1=C[C@H]2[C@@H]3C(C)(C)[C@]3(OC(=O)CCC/C=C/C/C=C/C/C=C/C/C=C/C/C=C/CC)[C@H](O)[C@@H](C)[C@]2(O)[C@@H]2C=C(C)C(=O)[C@@]2(O)C1. The number of carbonyl (C=O) groups excluding carboxylic acids is 3. The number of hydrogen-bond donors (Lipinski definition) is 3. The van der Waals surface area contributed by atoms with Crippen molar-refractivity contribution in [3.8, 4) is 0 Å². The van der Waals surface area contributed by atoms with E-state index in [1.54, 1.807) is 19.9 Å². The van der Waals surface area contributed by atoms with E-state index in [-0.39, 0.29) is 31.8 Å². The second-order valence-electron chi connectivity index (χ2n) is 19.6. The molecule has 0 bridgehead atoms. The zero-order valence-corrected chi connectivity index (χ0v) is 42.2. The van der Waals surface area contributed by atoms with Gasteiger partial charge < -0.3 is 24.8 Å². The fraction of sp³-hybridized carbons (Fsp3) is 0.550. The Bertz CT molecular complexity index is 2020. The number of unbranched alkanes of at least 4 members (excludes halogenated alkanes) is 2. The molecule has 0 radical (unpaired) electrons. The first-order chi connectivity index (χ1) is 32.7. The molecule has 372 valence electrons. The molecule has 0 aliphatic heterocycles. The summed E-state index contributed by atoms with van der Waals surface area (Å²) in [6.07, 6.45) is 57.5. The van der Waals surface area contributed by atoms with E-state index >= 15 is 0 Å². The van der Waals surface area contributed by atoms with Gasteiger partial charge in [-0.1, -0.05) is 168 Å². The van der Waals surface area contributed by atoms with Crippen LogP contribution >= 0.6 is 0 Å². The first-order valence-electron chi connectivity index (χ1n) is 25.7. The average Bonchev–Trinajstić information content (AvgIpc) is 3.74. The van der Waals surface area contributed by atoms with Crippen LogP contribution in [0.15, 0.2) is 145 Å². The molecule has 2 fully saturated rings. The summed E-state index contributed by atoms with van der Waals surface area (Å²) in [4.78, 5) is 40.3. The van der Waals surface area contributed by atoms with Crippen molar-refractivity contribution in [2.45, 2.75) is 174 Å². The van der Waals surface area contributed by atoms with E-state index in [0.29, 0.717) is 30.4 Å². The molecular formula is C60H84O8. The Labute approximate surface area is 409 Å². The number of aliphatic hydroxyl groups excluding tert-OH is 1. The molecule has 3 N–H and O–H groups in total. The van der Waals surface area contributed by atoms with Crippen LogP contribution in [0, 0.1) is 29.1 Å². The van der Waals surface area contributed by atoms with Crippen molar-refractivity contribution < 1.29 is 39.2 Å². The fourth-order valence-electron chi connectivity index (χ4n) is 10.6. The van der Waals surface area contributed by atoms with Crippen molar-refractivity contribution in [2.24, 2.45) is 29.1 Å². The van der Waals surface area contributed by atoms with Gasteiger partial charge in [0.1, 0.15) is 17.8 Å². The predicted molar refractivity (Wildman–Crippen MR) is 277 cm³/mol. The summed E-state index contributed by atoms with van der Waals surface area (Å²) in [5.41, 5.74) is -4.93. The van der Waals surface area contributed by atoms with Gasteiger partial charge >= 0.3 is 11.9 Å². The molecule has 0 aromatic rings. The number of rotatable bonds is 29. The highest BCUT2D eigenvalue weighted by atomic mass is 16.6. The van der Waals surface area contributed by atoms with Crippen molar-refractivity contribution in [3.05, 3.63) is 145 Å². The van der Waals surface area contributed by atoms with Gasteiger partial charge in [-0.3, -0.25) is 14.4 Å². The van der Waals surface area contributed by atoms with Crippen LogP contribution in [-0.2, 0) is 23.9 Å². The van der Waals surface area contributed by atoms with Crippen LogP contribution < -0.4 is 0 Å². The lowest BCUT2D eigenvalue weighted by Crippen LogP contribution is -2.65. The average molecular weight is 933 g/mol. The van der Waals surface area contributed by atoms with E-state index < -0.39 is 63.7 Å². The first-order valence-corrected chi connectivity index (χ1v) is 25.7. The second-order valence-corrected chi connectivity index (χ2v) is 19.6. The van der Waals surface area contributed by atoms with Gasteiger partial charge in [0.15, 0.2) is 5.78 Å². The van der Waals surface area contributed by atoms with Gasteiger partial charge in [-0.2, -0.15) is 0 Å². The largest absolute Gasteiger partial charge is 0.461 e. The molecule has 4 aliphatic carbocycles. The molecular weight excluding hydrogens is 849 g/mol. The normalized spacial score (nSPS) is 29.2. The van der Waals surface area contributed by atoms with E-state index in [0.717, 1.165) is 70.6 Å². The first kappa shape index (κ1) is 56.0. The number of ketones is 1. The minimum absolute atomic E-state index is 0.130. The molecule has 4 rings (SSSR count). The third kappa shape index (κ3) is 14.7. The van der Waals surface area contributed by atoms with Crippen LogP contribution in [0.25, 0.3) is 0 Å². The topological polar surface area (TPSA) is 130 Å². The molecule has 4 aliphatic rings. The van der Waals surface area contributed by atoms with E-state index in [2.05, 4.69) is 135 Å². The molecule has 8 nitrogen and oxygen atoms in total. The molecule has 0 spiro atoms. The highest BCUT2D eigenvalue weighted by Crippen LogP contribution is 2.76. The molecule has 8 atom stereocenters. The highest BCUT2D eigenvalue weighted by Gasteiger charge is 2.86. The van der Waals surface area contributed by atoms with Crippen LogP contribution in [0.4, 0.5) is 0 Å². The third-order valence-corrected chi connectivity index (χ3v) is 14.3. The molecule has 0 unspecified atom stereocenters. The number of esters is 2. The van der Waals surface area contributed by atoms with Gasteiger partial charge in [-0.05, 0) is 108 Å². The van der Waals surface area contributed by atoms with Crippen molar-refractivity contribution in [1.29, 1.82) is 0 Å². The standard InChI is InChI=1S/C60H84O8/c1-7-9-11-13-15-17-19-21-23-25-27-29-31-33-35-37-39-41-52(61)67-46-49-44-50-54-57(5,6)60(54,56(64)48(4)59(50,66)51-43-47(3)55(63)58(51,65)45-49)68-53(62)42-40-38-36-34-32-30-28-26-24-22-20-18-16-14-12-10-8-2/h9-12,15-18,21-24,27-30,33-36,43-44,48,50-51,54,56,64-66H,7-8,13-14,19-20,25-26,31-32,37-42,45-46H2,1-6H3/b11-9+,12-10+,17-15+,18-16+,23-21+,24-22+,29-27+,30-28+,35-33+,36-34+/t48-,50+,51-,54-,56-,58-,59-,60-/m1/s1. The molecule has 0 saturated heterocycles. The van der Waals surface area contributed by atoms with Crippen LogP contribution in [0.2, 0.25) is 0 Å². The fourth-order valence-corrected chi connectivity index (χ4v) is 10.6. The third-order valence-electron chi connectivity index (χ3n) is 14.3. The maximum absolute atomic E-state index is 13.7. The predicted octanol–water partition coefficient (Wildman–Crippen LogP) is 12.9. The van der Waals surface area contributed by atoms with Crippen LogP contribution in [0.5, 0.6) is 0 Å². The van der Waals surface area contributed by atoms with Gasteiger partial charge in [0.05, 0.1) is 11.7 Å². The number of carbonyl (C=O) groups is 3. The van der Waals surface area contributed by atoms with Crippen molar-refractivity contribution in [3.63, 3.8) is 0 Å². The van der Waals surface area contributed by atoms with Crippen molar-refractivity contribution in [2.75, 3.05) is 6.61 Å². The van der Waals surface area contributed by atoms with Gasteiger partial charge in [0, 0.05) is 48.3 Å². The second kappa shape index (κ2) is 28.1. The number of aliphatic hydroxyl groups is 3. The Hall–Kier alpha value is -4.63. The van der Waals surface area contributed by atoms with Gasteiger partial charge in [-0.25, -0.2) is 0 Å². The lowest BCUT2D eigenvalue weighted by Gasteiger charge is -2.52. The minimum Gasteiger partial charge on any atom is -0.461 e. The quantitative estimate of drug-likeness (QED) is 0.0384. The van der Waals surface area contributed by atoms with E-state index in [1.165, 1.54) is 0 Å². The zero-order valence-electron chi connectivity index (χ0n) is 42.2. The van der Waals surface area contributed by atoms with E-state index in [4.69, 9.17) is 9.47 Å². The summed E-state index contributed by atoms with van der Waals surface area (Å²) < 4.78 is 12.1. The molecule has 0 aromatic heterocycles. The number of allylic oxidation sites excluding steroid dienone is 20. The molecule has 68 heavy (non-hydrogen) atoms. The Kier molecular flexibility index (Phi) is 23.2. The Morgan fingerprint density at radius 3 is 1.50 bits per heavy atom. The molecule has 0 aromatic carbocycles. The maximum Gasteiger partial charge on any atom is 0.306 e.